The van der Waals surface area contributed by atoms with E-state index in [-0.39, 0.29) is 11.9 Å². The van der Waals surface area contributed by atoms with Crippen molar-refractivity contribution in [3.63, 3.8) is 0 Å². The lowest BCUT2D eigenvalue weighted by Crippen LogP contribution is -2.53. The quantitative estimate of drug-likeness (QED) is 0.708. The van der Waals surface area contributed by atoms with Crippen molar-refractivity contribution < 1.29 is 9.53 Å². The molecule has 1 atom stereocenters. The van der Waals surface area contributed by atoms with E-state index in [4.69, 9.17) is 4.74 Å². The highest BCUT2D eigenvalue weighted by molar-refractivity contribution is 7.09. The Bertz CT molecular complexity index is 712. The van der Waals surface area contributed by atoms with Crippen LogP contribution in [-0.4, -0.2) is 61.1 Å². The van der Waals surface area contributed by atoms with E-state index in [9.17, 15) is 4.79 Å². The second kappa shape index (κ2) is 9.88. The first-order valence-corrected chi connectivity index (χ1v) is 10.5. The van der Waals surface area contributed by atoms with Crippen LogP contribution in [0.1, 0.15) is 17.4 Å². The van der Waals surface area contributed by atoms with E-state index in [1.165, 1.54) is 10.4 Å². The summed E-state index contributed by atoms with van der Waals surface area (Å²) in [5.74, 6) is 0.925. The minimum Gasteiger partial charge on any atom is -0.492 e. The molecule has 5 nitrogen and oxygen atoms in total. The molecule has 3 rings (SSSR count). The number of carbonyl (C=O) groups excluding carboxylic acids is 1. The second-order valence-electron chi connectivity index (χ2n) is 7.02. The lowest BCUT2D eigenvalue weighted by Gasteiger charge is -2.37. The molecule has 2 heterocycles. The van der Waals surface area contributed by atoms with Gasteiger partial charge in [0.15, 0.2) is 0 Å². The minimum atomic E-state index is -0.104. The van der Waals surface area contributed by atoms with Crippen molar-refractivity contribution in [2.75, 3.05) is 39.3 Å². The largest absolute Gasteiger partial charge is 0.492 e. The first-order chi connectivity index (χ1) is 13.1. The Morgan fingerprint density at radius 1 is 1.22 bits per heavy atom. The van der Waals surface area contributed by atoms with E-state index >= 15 is 0 Å². The first-order valence-electron chi connectivity index (χ1n) is 9.58. The molecule has 146 valence electrons. The maximum absolute atomic E-state index is 12.4. The molecule has 0 aliphatic carbocycles. The molecule has 2 aromatic rings. The van der Waals surface area contributed by atoms with Crippen LogP contribution >= 0.6 is 11.3 Å². The SMILES string of the molecule is Cc1cccc(OCCNC(=O)C(C)N2CCN(Cc3cccs3)CC2)c1. The molecular weight excluding hydrogens is 358 g/mol. The average Bonchev–Trinajstić information content (AvgIpc) is 3.18. The van der Waals surface area contributed by atoms with Gasteiger partial charge in [-0.2, -0.15) is 0 Å². The molecule has 1 fully saturated rings. The van der Waals surface area contributed by atoms with Gasteiger partial charge in [0.2, 0.25) is 5.91 Å². The molecule has 1 N–H and O–H groups in total. The third-order valence-corrected chi connectivity index (χ3v) is 5.81. The number of rotatable bonds is 8. The fourth-order valence-electron chi connectivity index (χ4n) is 3.29. The van der Waals surface area contributed by atoms with E-state index in [2.05, 4.69) is 32.6 Å². The van der Waals surface area contributed by atoms with Crippen LogP contribution in [0.2, 0.25) is 0 Å². The summed E-state index contributed by atoms with van der Waals surface area (Å²) in [5.41, 5.74) is 1.17. The van der Waals surface area contributed by atoms with Crippen molar-refractivity contribution in [2.45, 2.75) is 26.4 Å². The lowest BCUT2D eigenvalue weighted by atomic mass is 10.2. The fourth-order valence-corrected chi connectivity index (χ4v) is 4.04. The number of hydrogen-bond acceptors (Lipinski definition) is 5. The van der Waals surface area contributed by atoms with Gasteiger partial charge in [-0.25, -0.2) is 0 Å². The molecule has 0 spiro atoms. The lowest BCUT2D eigenvalue weighted by molar-refractivity contribution is -0.126. The Morgan fingerprint density at radius 3 is 2.74 bits per heavy atom. The molecule has 0 bridgehead atoms. The number of nitrogens with zero attached hydrogens (tertiary/aromatic N) is 2. The molecule has 1 aliphatic heterocycles. The summed E-state index contributed by atoms with van der Waals surface area (Å²) in [5, 5.41) is 5.12. The average molecular weight is 388 g/mol. The van der Waals surface area contributed by atoms with Crippen LogP contribution in [0.25, 0.3) is 0 Å². The van der Waals surface area contributed by atoms with Gasteiger partial charge < -0.3 is 10.1 Å². The zero-order valence-electron chi connectivity index (χ0n) is 16.2. The molecule has 1 aromatic heterocycles. The summed E-state index contributed by atoms with van der Waals surface area (Å²) in [6, 6.07) is 12.1. The van der Waals surface area contributed by atoms with Gasteiger partial charge in [0.25, 0.3) is 0 Å². The van der Waals surface area contributed by atoms with Gasteiger partial charge in [-0.05, 0) is 43.0 Å². The van der Waals surface area contributed by atoms with Crippen LogP contribution in [0.3, 0.4) is 0 Å². The summed E-state index contributed by atoms with van der Waals surface area (Å²) in [6.07, 6.45) is 0. The number of nitrogens with one attached hydrogen (secondary N) is 1. The summed E-state index contributed by atoms with van der Waals surface area (Å²) in [6.45, 7) is 9.92. The topological polar surface area (TPSA) is 44.8 Å². The van der Waals surface area contributed by atoms with E-state index in [0.29, 0.717) is 13.2 Å². The monoisotopic (exact) mass is 387 g/mol. The van der Waals surface area contributed by atoms with E-state index in [1.54, 1.807) is 0 Å². The number of thiophene rings is 1. The number of aryl methyl sites for hydroxylation is 1. The molecule has 1 saturated heterocycles. The van der Waals surface area contributed by atoms with E-state index < -0.39 is 0 Å². The van der Waals surface area contributed by atoms with Crippen LogP contribution < -0.4 is 10.1 Å². The number of piperazine rings is 1. The van der Waals surface area contributed by atoms with Gasteiger partial charge in [0.1, 0.15) is 12.4 Å². The standard InChI is InChI=1S/C21H29N3O2S/c1-17-5-3-6-19(15-17)26-13-8-22-21(25)18(2)24-11-9-23(10-12-24)16-20-7-4-14-27-20/h3-7,14-15,18H,8-13,16H2,1-2H3,(H,22,25). The highest BCUT2D eigenvalue weighted by Crippen LogP contribution is 2.15. The van der Waals surface area contributed by atoms with Crippen LogP contribution in [0.5, 0.6) is 5.75 Å². The number of ether oxygens (including phenoxy) is 1. The van der Waals surface area contributed by atoms with Gasteiger partial charge >= 0.3 is 0 Å². The van der Waals surface area contributed by atoms with Crippen molar-refractivity contribution in [1.29, 1.82) is 0 Å². The van der Waals surface area contributed by atoms with Crippen LogP contribution in [0.15, 0.2) is 41.8 Å². The molecule has 0 radical (unpaired) electrons. The number of hydrogen-bond donors (Lipinski definition) is 1. The molecule has 1 amide bonds. The third kappa shape index (κ3) is 6.06. The molecule has 27 heavy (non-hydrogen) atoms. The van der Waals surface area contributed by atoms with Crippen molar-refractivity contribution in [3.05, 3.63) is 52.2 Å². The second-order valence-corrected chi connectivity index (χ2v) is 8.06. The van der Waals surface area contributed by atoms with Crippen molar-refractivity contribution in [3.8, 4) is 5.75 Å². The van der Waals surface area contributed by atoms with Crippen molar-refractivity contribution in [1.82, 2.24) is 15.1 Å². The summed E-state index contributed by atoms with van der Waals surface area (Å²) in [4.78, 5) is 18.6. The van der Waals surface area contributed by atoms with E-state index in [1.807, 2.05) is 49.4 Å². The Hall–Kier alpha value is -1.89. The summed E-state index contributed by atoms with van der Waals surface area (Å²) < 4.78 is 5.69. The molecule has 1 unspecified atom stereocenters. The first kappa shape index (κ1) is 19.9. The maximum atomic E-state index is 12.4. The summed E-state index contributed by atoms with van der Waals surface area (Å²) in [7, 11) is 0. The van der Waals surface area contributed by atoms with Gasteiger partial charge in [-0.1, -0.05) is 18.2 Å². The summed E-state index contributed by atoms with van der Waals surface area (Å²) >= 11 is 1.81. The molecular formula is C21H29N3O2S. The molecule has 0 saturated carbocycles. The Morgan fingerprint density at radius 2 is 2.04 bits per heavy atom. The zero-order valence-corrected chi connectivity index (χ0v) is 17.0. The normalized spacial score (nSPS) is 16.8. The van der Waals surface area contributed by atoms with Crippen LogP contribution in [0, 0.1) is 6.92 Å². The highest BCUT2D eigenvalue weighted by atomic mass is 32.1. The predicted octanol–water partition coefficient (Wildman–Crippen LogP) is 2.76. The minimum absolute atomic E-state index is 0.0783. The predicted molar refractivity (Wildman–Crippen MR) is 110 cm³/mol. The van der Waals surface area contributed by atoms with Crippen molar-refractivity contribution >= 4 is 17.2 Å². The van der Waals surface area contributed by atoms with Gasteiger partial charge in [-0.3, -0.25) is 14.6 Å². The van der Waals surface area contributed by atoms with Crippen molar-refractivity contribution in [2.24, 2.45) is 0 Å². The maximum Gasteiger partial charge on any atom is 0.237 e. The number of amides is 1. The number of carbonyl (C=O) groups is 1. The van der Waals surface area contributed by atoms with Gasteiger partial charge in [0.05, 0.1) is 12.6 Å². The van der Waals surface area contributed by atoms with Crippen LogP contribution in [-0.2, 0) is 11.3 Å². The van der Waals surface area contributed by atoms with E-state index in [0.717, 1.165) is 38.5 Å². The van der Waals surface area contributed by atoms with Gasteiger partial charge in [-0.15, -0.1) is 11.3 Å². The Balaban J connectivity index is 1.34. The molecule has 1 aliphatic rings. The molecule has 6 heteroatoms. The Labute approximate surface area is 165 Å². The van der Waals surface area contributed by atoms with Gasteiger partial charge in [0, 0.05) is 37.6 Å². The highest BCUT2D eigenvalue weighted by Gasteiger charge is 2.25. The molecule has 1 aromatic carbocycles. The smallest absolute Gasteiger partial charge is 0.237 e. The Kier molecular flexibility index (Phi) is 7.26. The fraction of sp³-hybridized carbons (Fsp3) is 0.476. The van der Waals surface area contributed by atoms with Crippen LogP contribution in [0.4, 0.5) is 0 Å². The zero-order chi connectivity index (χ0) is 19.1. The number of benzene rings is 1. The third-order valence-electron chi connectivity index (χ3n) is 4.95.